The molecule has 2 aromatic carbocycles. The molecule has 0 N–H and O–H groups in total. The van der Waals surface area contributed by atoms with E-state index in [1.54, 1.807) is 0 Å². The summed E-state index contributed by atoms with van der Waals surface area (Å²) in [5.74, 6) is 0. The van der Waals surface area contributed by atoms with Crippen LogP contribution in [0.5, 0.6) is 0 Å². The van der Waals surface area contributed by atoms with E-state index in [9.17, 15) is 0 Å². The SMILES string of the molecule is CC([Se][Se]C(C)c1ccccc1)c1ccccc1. The van der Waals surface area contributed by atoms with Crippen molar-refractivity contribution in [2.45, 2.75) is 23.5 Å². The summed E-state index contributed by atoms with van der Waals surface area (Å²) in [5.41, 5.74) is 3.00. The Balaban J connectivity index is 1.89. The van der Waals surface area contributed by atoms with Crippen LogP contribution in [0.4, 0.5) is 0 Å². The van der Waals surface area contributed by atoms with Crippen molar-refractivity contribution in [3.05, 3.63) is 71.8 Å². The average Bonchev–Trinajstić information content (AvgIpc) is 2.46. The van der Waals surface area contributed by atoms with Gasteiger partial charge < -0.3 is 0 Å². The fourth-order valence-corrected chi connectivity index (χ4v) is 9.61. The zero-order valence-corrected chi connectivity index (χ0v) is 14.2. The first-order chi connectivity index (χ1) is 8.77. The number of benzene rings is 2. The molecule has 2 unspecified atom stereocenters. The average molecular weight is 368 g/mol. The molecule has 0 aromatic heterocycles. The third-order valence-corrected chi connectivity index (χ3v) is 13.0. The van der Waals surface area contributed by atoms with Crippen LogP contribution in [0.1, 0.15) is 34.6 Å². The van der Waals surface area contributed by atoms with Crippen molar-refractivity contribution in [3.8, 4) is 0 Å². The van der Waals surface area contributed by atoms with Crippen molar-refractivity contribution >= 4 is 26.3 Å². The molecule has 0 spiro atoms. The third kappa shape index (κ3) is 4.00. The summed E-state index contributed by atoms with van der Waals surface area (Å²) < 4.78 is 0. The second kappa shape index (κ2) is 7.16. The van der Waals surface area contributed by atoms with E-state index in [2.05, 4.69) is 74.5 Å². The van der Waals surface area contributed by atoms with Crippen LogP contribution < -0.4 is 0 Å². The first kappa shape index (κ1) is 13.9. The number of hydrogen-bond donors (Lipinski definition) is 0. The first-order valence-electron chi connectivity index (χ1n) is 6.19. The summed E-state index contributed by atoms with van der Waals surface area (Å²) in [5, 5.41) is 0. The summed E-state index contributed by atoms with van der Waals surface area (Å²) in [6.07, 6.45) is 0. The summed E-state index contributed by atoms with van der Waals surface area (Å²) >= 11 is 1.45. The molecule has 0 radical (unpaired) electrons. The van der Waals surface area contributed by atoms with E-state index in [1.165, 1.54) is 11.1 Å². The van der Waals surface area contributed by atoms with Crippen molar-refractivity contribution in [2.75, 3.05) is 0 Å². The van der Waals surface area contributed by atoms with Gasteiger partial charge in [-0.15, -0.1) is 0 Å². The van der Waals surface area contributed by atoms with Gasteiger partial charge in [-0.25, -0.2) is 0 Å². The van der Waals surface area contributed by atoms with E-state index in [-0.39, 0.29) is 0 Å². The standard InChI is InChI=1S/C16H18Se2/c1-13(15-9-5-3-6-10-15)17-18-14(2)16-11-7-4-8-12-16/h3-14H,1-2H3. The molecule has 2 aromatic rings. The van der Waals surface area contributed by atoms with Crippen molar-refractivity contribution < 1.29 is 0 Å². The zero-order chi connectivity index (χ0) is 12.8. The van der Waals surface area contributed by atoms with E-state index in [0.717, 1.165) is 35.9 Å². The summed E-state index contributed by atoms with van der Waals surface area (Å²) in [4.78, 5) is 1.48. The number of hydrogen-bond acceptors (Lipinski definition) is 0. The van der Waals surface area contributed by atoms with E-state index in [4.69, 9.17) is 0 Å². The second-order valence-electron chi connectivity index (χ2n) is 4.30. The maximum absolute atomic E-state index is 2.37. The van der Waals surface area contributed by atoms with Gasteiger partial charge in [-0.2, -0.15) is 0 Å². The maximum atomic E-state index is 2.37. The molecule has 0 amide bonds. The van der Waals surface area contributed by atoms with Gasteiger partial charge in [0.15, 0.2) is 0 Å². The van der Waals surface area contributed by atoms with Crippen LogP contribution in [0.25, 0.3) is 0 Å². The zero-order valence-electron chi connectivity index (χ0n) is 10.7. The molecule has 2 heteroatoms. The summed E-state index contributed by atoms with van der Waals surface area (Å²) in [6.45, 7) is 4.74. The van der Waals surface area contributed by atoms with Crippen LogP contribution in [0.3, 0.4) is 0 Å². The molecule has 0 saturated carbocycles. The minimum atomic E-state index is 0.726. The Morgan fingerprint density at radius 2 is 0.944 bits per heavy atom. The molecule has 0 fully saturated rings. The normalized spacial score (nSPS) is 14.1. The molecule has 0 bridgehead atoms. The molecule has 0 nitrogen and oxygen atoms in total. The van der Waals surface area contributed by atoms with Crippen molar-refractivity contribution in [1.29, 1.82) is 0 Å². The van der Waals surface area contributed by atoms with Gasteiger partial charge in [-0.05, 0) is 0 Å². The van der Waals surface area contributed by atoms with Crippen LogP contribution in [0.2, 0.25) is 0 Å². The molecule has 0 aliphatic heterocycles. The van der Waals surface area contributed by atoms with E-state index < -0.39 is 0 Å². The molecular formula is C16H18Se2. The van der Waals surface area contributed by atoms with Crippen LogP contribution in [-0.4, -0.2) is 26.3 Å². The second-order valence-corrected chi connectivity index (χ2v) is 12.3. The van der Waals surface area contributed by atoms with Gasteiger partial charge >= 0.3 is 122 Å². The Kier molecular flexibility index (Phi) is 5.53. The number of rotatable bonds is 5. The predicted molar refractivity (Wildman–Crippen MR) is 81.2 cm³/mol. The van der Waals surface area contributed by atoms with E-state index in [1.807, 2.05) is 0 Å². The van der Waals surface area contributed by atoms with Gasteiger partial charge in [0.05, 0.1) is 0 Å². The fourth-order valence-electron chi connectivity index (χ4n) is 1.73. The molecule has 18 heavy (non-hydrogen) atoms. The molecule has 2 atom stereocenters. The quantitative estimate of drug-likeness (QED) is 0.704. The van der Waals surface area contributed by atoms with Crippen molar-refractivity contribution in [2.24, 2.45) is 0 Å². The Hall–Kier alpha value is -0.521. The van der Waals surface area contributed by atoms with Gasteiger partial charge in [-0.3, -0.25) is 0 Å². The molecule has 0 saturated heterocycles. The van der Waals surface area contributed by atoms with Crippen LogP contribution >= 0.6 is 0 Å². The van der Waals surface area contributed by atoms with E-state index >= 15 is 0 Å². The van der Waals surface area contributed by atoms with E-state index in [0.29, 0.717) is 0 Å². The van der Waals surface area contributed by atoms with Gasteiger partial charge in [0.25, 0.3) is 0 Å². The Labute approximate surface area is 121 Å². The van der Waals surface area contributed by atoms with Gasteiger partial charge in [-0.1, -0.05) is 0 Å². The van der Waals surface area contributed by atoms with Crippen molar-refractivity contribution in [3.63, 3.8) is 0 Å². The predicted octanol–water partition coefficient (Wildman–Crippen LogP) is 3.83. The Morgan fingerprint density at radius 1 is 0.611 bits per heavy atom. The van der Waals surface area contributed by atoms with Crippen molar-refractivity contribution in [1.82, 2.24) is 0 Å². The van der Waals surface area contributed by atoms with Crippen LogP contribution in [-0.2, 0) is 0 Å². The third-order valence-electron chi connectivity index (χ3n) is 2.88. The Bertz CT molecular complexity index is 408. The topological polar surface area (TPSA) is 0 Å². The summed E-state index contributed by atoms with van der Waals surface area (Å²) in [6, 6.07) is 21.8. The molecular weight excluding hydrogens is 350 g/mol. The van der Waals surface area contributed by atoms with Gasteiger partial charge in [0, 0.05) is 0 Å². The summed E-state index contributed by atoms with van der Waals surface area (Å²) in [7, 11) is 0. The minimum absolute atomic E-state index is 0.726. The molecule has 94 valence electrons. The van der Waals surface area contributed by atoms with Gasteiger partial charge in [0.1, 0.15) is 0 Å². The fraction of sp³-hybridized carbons (Fsp3) is 0.250. The van der Waals surface area contributed by atoms with Gasteiger partial charge in [0.2, 0.25) is 0 Å². The Morgan fingerprint density at radius 3 is 1.28 bits per heavy atom. The molecule has 0 aliphatic carbocycles. The van der Waals surface area contributed by atoms with Crippen LogP contribution in [0, 0.1) is 0 Å². The molecule has 0 heterocycles. The first-order valence-corrected chi connectivity index (χ1v) is 12.5. The monoisotopic (exact) mass is 370 g/mol. The van der Waals surface area contributed by atoms with Crippen LogP contribution in [0.15, 0.2) is 60.7 Å². The molecule has 2 rings (SSSR count). The molecule has 0 aliphatic rings.